The molecule has 1 aliphatic carbocycles. The molecule has 2 aromatic carbocycles. The van der Waals surface area contributed by atoms with Crippen LogP contribution in [0.4, 0.5) is 0 Å². The van der Waals surface area contributed by atoms with Crippen molar-refractivity contribution >= 4 is 17.2 Å². The van der Waals surface area contributed by atoms with E-state index in [2.05, 4.69) is 43.3 Å². The first kappa shape index (κ1) is 13.5. The molecule has 0 amide bonds. The minimum absolute atomic E-state index is 0.791. The van der Waals surface area contributed by atoms with Crippen LogP contribution in [-0.2, 0) is 12.8 Å². The lowest BCUT2D eigenvalue weighted by Gasteiger charge is -2.13. The van der Waals surface area contributed by atoms with Crippen LogP contribution in [0.15, 0.2) is 54.1 Å². The number of hydrogen-bond acceptors (Lipinski definition) is 0. The highest BCUT2D eigenvalue weighted by molar-refractivity contribution is 6.30. The Hall–Kier alpha value is -1.53. The molecule has 0 aliphatic heterocycles. The highest BCUT2D eigenvalue weighted by Gasteiger charge is 2.14. The molecule has 0 unspecified atom stereocenters. The van der Waals surface area contributed by atoms with Crippen molar-refractivity contribution in [1.82, 2.24) is 0 Å². The zero-order valence-electron chi connectivity index (χ0n) is 11.5. The van der Waals surface area contributed by atoms with Crippen LogP contribution in [0.5, 0.6) is 0 Å². The zero-order chi connectivity index (χ0) is 13.9. The minimum Gasteiger partial charge on any atom is -0.0843 e. The molecule has 0 saturated carbocycles. The van der Waals surface area contributed by atoms with Crippen molar-refractivity contribution in [3.8, 4) is 0 Å². The monoisotopic (exact) mass is 281 g/mol. The Balaban J connectivity index is 1.99. The molecule has 0 spiro atoms. The first-order valence-electron chi connectivity index (χ1n) is 7.11. The van der Waals surface area contributed by atoms with Crippen LogP contribution in [0.1, 0.15) is 29.5 Å². The van der Waals surface area contributed by atoms with Crippen LogP contribution in [-0.4, -0.2) is 0 Å². The van der Waals surface area contributed by atoms with Crippen molar-refractivity contribution in [2.24, 2.45) is 0 Å². The molecule has 2 aromatic rings. The second kappa shape index (κ2) is 5.85. The van der Waals surface area contributed by atoms with Crippen LogP contribution in [0.2, 0.25) is 5.02 Å². The van der Waals surface area contributed by atoms with Gasteiger partial charge in [0.25, 0.3) is 0 Å². The van der Waals surface area contributed by atoms with Crippen molar-refractivity contribution in [1.29, 1.82) is 0 Å². The summed E-state index contributed by atoms with van der Waals surface area (Å²) in [5, 5.41) is 0.791. The first-order chi connectivity index (χ1) is 9.74. The maximum Gasteiger partial charge on any atom is 0.0406 e. The third-order valence-electron chi connectivity index (χ3n) is 3.99. The van der Waals surface area contributed by atoms with E-state index in [0.717, 1.165) is 24.3 Å². The molecule has 0 bridgehead atoms. The summed E-state index contributed by atoms with van der Waals surface area (Å²) in [7, 11) is 0. The lowest BCUT2D eigenvalue weighted by Crippen LogP contribution is -1.96. The van der Waals surface area contributed by atoms with Gasteiger partial charge in [-0.05, 0) is 67.0 Å². The fraction of sp³-hybridized carbons (Fsp3) is 0.211. The van der Waals surface area contributed by atoms with Crippen LogP contribution in [0.3, 0.4) is 0 Å². The van der Waals surface area contributed by atoms with Gasteiger partial charge < -0.3 is 0 Å². The number of allylic oxidation sites excluding steroid dienone is 2. The van der Waals surface area contributed by atoms with E-state index in [1.54, 1.807) is 0 Å². The molecule has 0 nitrogen and oxygen atoms in total. The third kappa shape index (κ3) is 2.81. The Kier molecular flexibility index (Phi) is 3.93. The highest BCUT2D eigenvalue weighted by atomic mass is 35.5. The van der Waals surface area contributed by atoms with Gasteiger partial charge in [0.2, 0.25) is 0 Å². The van der Waals surface area contributed by atoms with Crippen molar-refractivity contribution < 1.29 is 0 Å². The number of fused-ring (bicyclic) bond motifs is 1. The number of rotatable bonds is 2. The summed E-state index contributed by atoms with van der Waals surface area (Å²) in [5.74, 6) is 0. The Bertz CT molecular complexity index is 635. The second-order valence-corrected chi connectivity index (χ2v) is 5.83. The standard InChI is InChI=1S/C19H18Cl/c1-14-5-4-7-16-6-2-3-8-18(16)19(14)13-15-9-11-17(20)12-10-15/h2-3,6,8-12H,1,4-5,7,13H2. The van der Waals surface area contributed by atoms with E-state index in [4.69, 9.17) is 11.6 Å². The number of hydrogen-bond donors (Lipinski definition) is 0. The van der Waals surface area contributed by atoms with E-state index in [1.807, 2.05) is 12.1 Å². The third-order valence-corrected chi connectivity index (χ3v) is 4.24. The molecule has 0 aromatic heterocycles. The molecule has 0 fully saturated rings. The molecule has 0 N–H and O–H groups in total. The zero-order valence-corrected chi connectivity index (χ0v) is 12.3. The van der Waals surface area contributed by atoms with Gasteiger partial charge in [-0.15, -0.1) is 0 Å². The Morgan fingerprint density at radius 1 is 0.950 bits per heavy atom. The summed E-state index contributed by atoms with van der Waals surface area (Å²) in [6.07, 6.45) is 4.38. The number of aryl methyl sites for hydroxylation is 1. The van der Waals surface area contributed by atoms with E-state index in [1.165, 1.54) is 34.3 Å². The second-order valence-electron chi connectivity index (χ2n) is 5.40. The van der Waals surface area contributed by atoms with Gasteiger partial charge in [0.15, 0.2) is 0 Å². The van der Waals surface area contributed by atoms with E-state index < -0.39 is 0 Å². The minimum atomic E-state index is 0.791. The van der Waals surface area contributed by atoms with Crippen LogP contribution >= 0.6 is 11.6 Å². The summed E-state index contributed by atoms with van der Waals surface area (Å²) in [6.45, 7) is 4.31. The molecule has 1 heteroatoms. The smallest absolute Gasteiger partial charge is 0.0406 e. The molecule has 1 radical (unpaired) electrons. The number of halogens is 1. The van der Waals surface area contributed by atoms with Crippen molar-refractivity contribution in [2.75, 3.05) is 0 Å². The average Bonchev–Trinajstić information content (AvgIpc) is 2.62. The van der Waals surface area contributed by atoms with Gasteiger partial charge in [0.05, 0.1) is 0 Å². The lowest BCUT2D eigenvalue weighted by molar-refractivity contribution is 0.833. The van der Waals surface area contributed by atoms with Gasteiger partial charge >= 0.3 is 0 Å². The maximum absolute atomic E-state index is 5.97. The van der Waals surface area contributed by atoms with Gasteiger partial charge in [-0.1, -0.05) is 53.6 Å². The molecule has 0 heterocycles. The predicted molar refractivity (Wildman–Crippen MR) is 86.8 cm³/mol. The average molecular weight is 282 g/mol. The van der Waals surface area contributed by atoms with Crippen LogP contribution in [0, 0.1) is 6.92 Å². The molecular formula is C19H18Cl. The van der Waals surface area contributed by atoms with E-state index in [-0.39, 0.29) is 0 Å². The molecular weight excluding hydrogens is 264 g/mol. The lowest BCUT2D eigenvalue weighted by atomic mass is 9.92. The fourth-order valence-electron chi connectivity index (χ4n) is 2.89. The number of benzene rings is 2. The first-order valence-corrected chi connectivity index (χ1v) is 7.48. The topological polar surface area (TPSA) is 0 Å². The highest BCUT2D eigenvalue weighted by Crippen LogP contribution is 2.32. The molecule has 20 heavy (non-hydrogen) atoms. The van der Waals surface area contributed by atoms with Gasteiger partial charge in [0, 0.05) is 5.02 Å². The molecule has 0 atom stereocenters. The van der Waals surface area contributed by atoms with Crippen LogP contribution in [0.25, 0.3) is 5.57 Å². The van der Waals surface area contributed by atoms with Gasteiger partial charge in [-0.25, -0.2) is 0 Å². The molecule has 0 saturated heterocycles. The summed E-state index contributed by atoms with van der Waals surface area (Å²) in [5.41, 5.74) is 6.80. The van der Waals surface area contributed by atoms with Gasteiger partial charge in [-0.2, -0.15) is 0 Å². The van der Waals surface area contributed by atoms with Gasteiger partial charge in [-0.3, -0.25) is 0 Å². The van der Waals surface area contributed by atoms with Crippen molar-refractivity contribution in [2.45, 2.75) is 25.7 Å². The Morgan fingerprint density at radius 2 is 1.70 bits per heavy atom. The largest absolute Gasteiger partial charge is 0.0843 e. The summed E-state index contributed by atoms with van der Waals surface area (Å²) in [6, 6.07) is 16.9. The Morgan fingerprint density at radius 3 is 2.50 bits per heavy atom. The summed E-state index contributed by atoms with van der Waals surface area (Å²) >= 11 is 5.97. The van der Waals surface area contributed by atoms with Crippen molar-refractivity contribution in [3.05, 3.63) is 82.7 Å². The van der Waals surface area contributed by atoms with Crippen molar-refractivity contribution in [3.63, 3.8) is 0 Å². The van der Waals surface area contributed by atoms with Gasteiger partial charge in [0.1, 0.15) is 0 Å². The molecule has 1 aliphatic rings. The molecule has 101 valence electrons. The van der Waals surface area contributed by atoms with E-state index >= 15 is 0 Å². The Labute approximate surface area is 126 Å². The van der Waals surface area contributed by atoms with E-state index in [0.29, 0.717) is 0 Å². The summed E-state index contributed by atoms with van der Waals surface area (Å²) in [4.78, 5) is 0. The maximum atomic E-state index is 5.97. The summed E-state index contributed by atoms with van der Waals surface area (Å²) < 4.78 is 0. The fourth-order valence-corrected chi connectivity index (χ4v) is 3.02. The van der Waals surface area contributed by atoms with E-state index in [9.17, 15) is 0 Å². The molecule has 3 rings (SSSR count). The van der Waals surface area contributed by atoms with Crippen LogP contribution < -0.4 is 0 Å². The SMILES string of the molecule is [CH2]C1=C(Cc2ccc(Cl)cc2)c2ccccc2CCC1. The normalized spacial score (nSPS) is 14.9. The quantitative estimate of drug-likeness (QED) is 0.681. The predicted octanol–water partition coefficient (Wildman–Crippen LogP) is 5.51.